The Kier molecular flexibility index (Phi) is 6.65. The summed E-state index contributed by atoms with van der Waals surface area (Å²) in [6, 6.07) is 16.2. The van der Waals surface area contributed by atoms with Crippen molar-refractivity contribution in [2.24, 2.45) is 5.41 Å². The van der Waals surface area contributed by atoms with Crippen LogP contribution in [0.4, 0.5) is 4.79 Å². The predicted octanol–water partition coefficient (Wildman–Crippen LogP) is 2.86. The molecule has 1 aliphatic heterocycles. The molecule has 2 aliphatic rings. The topological polar surface area (TPSA) is 105 Å². The van der Waals surface area contributed by atoms with E-state index >= 15 is 0 Å². The van der Waals surface area contributed by atoms with E-state index in [2.05, 4.69) is 29.6 Å². The van der Waals surface area contributed by atoms with Crippen molar-refractivity contribution in [3.8, 4) is 11.1 Å². The minimum atomic E-state index is -1.09. The molecule has 174 valence electrons. The third-order valence-electron chi connectivity index (χ3n) is 6.54. The molecular formula is C25H28N2O6. The summed E-state index contributed by atoms with van der Waals surface area (Å²) < 4.78 is 11.0. The van der Waals surface area contributed by atoms with Crippen LogP contribution in [0.2, 0.25) is 0 Å². The van der Waals surface area contributed by atoms with E-state index in [4.69, 9.17) is 14.6 Å². The first-order valence-corrected chi connectivity index (χ1v) is 11.1. The number of likely N-dealkylation sites (N-methyl/N-ethyl adjacent to an activating group) is 1. The van der Waals surface area contributed by atoms with Gasteiger partial charge in [0.15, 0.2) is 0 Å². The molecular weight excluding hydrogens is 424 g/mol. The molecule has 0 bridgehead atoms. The van der Waals surface area contributed by atoms with Crippen molar-refractivity contribution in [3.63, 3.8) is 0 Å². The second kappa shape index (κ2) is 9.62. The molecule has 0 radical (unpaired) electrons. The van der Waals surface area contributed by atoms with E-state index in [9.17, 15) is 14.4 Å². The Labute approximate surface area is 192 Å². The first-order chi connectivity index (χ1) is 15.9. The zero-order valence-corrected chi connectivity index (χ0v) is 18.6. The van der Waals surface area contributed by atoms with E-state index in [-0.39, 0.29) is 25.0 Å². The van der Waals surface area contributed by atoms with Crippen LogP contribution in [0.15, 0.2) is 48.5 Å². The summed E-state index contributed by atoms with van der Waals surface area (Å²) >= 11 is 0. The first-order valence-electron chi connectivity index (χ1n) is 11.1. The molecule has 1 fully saturated rings. The zero-order chi connectivity index (χ0) is 23.4. The molecule has 2 amide bonds. The number of hydrogen-bond acceptors (Lipinski definition) is 5. The Morgan fingerprint density at radius 2 is 1.64 bits per heavy atom. The number of nitrogens with zero attached hydrogens (tertiary/aromatic N) is 1. The van der Waals surface area contributed by atoms with Gasteiger partial charge >= 0.3 is 12.1 Å². The summed E-state index contributed by atoms with van der Waals surface area (Å²) in [5.41, 5.74) is 3.63. The SMILES string of the molecule is CN(CC(=O)O)C(=O)C1(CNC(=O)OCC2c3ccccc3-c3ccccc32)CCOCC1. The normalized spacial score (nSPS) is 16.4. The average molecular weight is 453 g/mol. The lowest BCUT2D eigenvalue weighted by Gasteiger charge is -2.38. The molecule has 8 nitrogen and oxygen atoms in total. The van der Waals surface area contributed by atoms with E-state index < -0.39 is 24.0 Å². The van der Waals surface area contributed by atoms with E-state index in [0.717, 1.165) is 22.3 Å². The Bertz CT molecular complexity index is 1000. The number of carboxylic acids is 1. The summed E-state index contributed by atoms with van der Waals surface area (Å²) in [5, 5.41) is 11.8. The van der Waals surface area contributed by atoms with E-state index in [1.165, 1.54) is 11.9 Å². The van der Waals surface area contributed by atoms with Crippen molar-refractivity contribution >= 4 is 18.0 Å². The standard InChI is InChI=1S/C25H28N2O6/c1-27(14-22(28)29)23(30)25(10-12-32-13-11-25)16-26-24(31)33-15-21-19-8-4-2-6-17(19)18-7-3-5-9-20(18)21/h2-9,21H,10-16H2,1H3,(H,26,31)(H,28,29). The lowest BCUT2D eigenvalue weighted by molar-refractivity contribution is -0.152. The molecule has 2 aromatic carbocycles. The van der Waals surface area contributed by atoms with Crippen LogP contribution in [0.1, 0.15) is 29.9 Å². The summed E-state index contributed by atoms with van der Waals surface area (Å²) in [4.78, 5) is 37.9. The molecule has 2 N–H and O–H groups in total. The number of ether oxygens (including phenoxy) is 2. The predicted molar refractivity (Wildman–Crippen MR) is 121 cm³/mol. The Balaban J connectivity index is 1.40. The van der Waals surface area contributed by atoms with Crippen molar-refractivity contribution in [2.45, 2.75) is 18.8 Å². The van der Waals surface area contributed by atoms with Gasteiger partial charge in [0.1, 0.15) is 13.2 Å². The lowest BCUT2D eigenvalue weighted by Crippen LogP contribution is -2.52. The highest BCUT2D eigenvalue weighted by atomic mass is 16.5. The van der Waals surface area contributed by atoms with E-state index in [0.29, 0.717) is 26.1 Å². The van der Waals surface area contributed by atoms with Crippen LogP contribution in [0.3, 0.4) is 0 Å². The molecule has 8 heteroatoms. The molecule has 4 rings (SSSR count). The van der Waals surface area contributed by atoms with Crippen LogP contribution >= 0.6 is 0 Å². The number of aliphatic carboxylic acids is 1. The van der Waals surface area contributed by atoms with Crippen molar-refractivity contribution in [1.82, 2.24) is 10.2 Å². The smallest absolute Gasteiger partial charge is 0.407 e. The number of rotatable bonds is 7. The van der Waals surface area contributed by atoms with Gasteiger partial charge in [-0.05, 0) is 35.1 Å². The molecule has 0 atom stereocenters. The monoisotopic (exact) mass is 452 g/mol. The van der Waals surface area contributed by atoms with Crippen molar-refractivity contribution < 1.29 is 29.0 Å². The van der Waals surface area contributed by atoms with E-state index in [1.54, 1.807) is 0 Å². The number of amides is 2. The molecule has 33 heavy (non-hydrogen) atoms. The molecule has 0 spiro atoms. The fourth-order valence-corrected chi connectivity index (χ4v) is 4.80. The molecule has 2 aromatic rings. The number of fused-ring (bicyclic) bond motifs is 3. The molecule has 0 saturated carbocycles. The van der Waals surface area contributed by atoms with Crippen LogP contribution in [0.25, 0.3) is 11.1 Å². The molecule has 0 unspecified atom stereocenters. The summed E-state index contributed by atoms with van der Waals surface area (Å²) in [6.45, 7) is 0.600. The first kappa shape index (κ1) is 22.8. The van der Waals surface area contributed by atoms with Crippen molar-refractivity contribution in [2.75, 3.05) is 40.0 Å². The van der Waals surface area contributed by atoms with Crippen molar-refractivity contribution in [1.29, 1.82) is 0 Å². The van der Waals surface area contributed by atoms with E-state index in [1.807, 2.05) is 24.3 Å². The lowest BCUT2D eigenvalue weighted by atomic mass is 9.78. The van der Waals surface area contributed by atoms with Gasteiger partial charge in [0.2, 0.25) is 5.91 Å². The van der Waals surface area contributed by atoms with Crippen molar-refractivity contribution in [3.05, 3.63) is 59.7 Å². The fourth-order valence-electron chi connectivity index (χ4n) is 4.80. The highest BCUT2D eigenvalue weighted by Crippen LogP contribution is 2.44. The number of carbonyl (C=O) groups is 3. The van der Waals surface area contributed by atoms with Crippen LogP contribution in [0.5, 0.6) is 0 Å². The largest absolute Gasteiger partial charge is 0.480 e. The van der Waals surface area contributed by atoms with Gasteiger partial charge in [-0.25, -0.2) is 4.79 Å². The number of nitrogens with one attached hydrogen (secondary N) is 1. The van der Waals surface area contributed by atoms with Crippen LogP contribution < -0.4 is 5.32 Å². The number of carbonyl (C=O) groups excluding carboxylic acids is 2. The number of carboxylic acid groups (broad SMARTS) is 1. The summed E-state index contributed by atoms with van der Waals surface area (Å²) in [6.07, 6.45) is 0.204. The van der Waals surface area contributed by atoms with Gasteiger partial charge in [-0.1, -0.05) is 48.5 Å². The molecule has 1 aliphatic carbocycles. The fraction of sp³-hybridized carbons (Fsp3) is 0.400. The van der Waals surface area contributed by atoms with Gasteiger partial charge in [0, 0.05) is 32.7 Å². The summed E-state index contributed by atoms with van der Waals surface area (Å²) in [5.74, 6) is -1.45. The van der Waals surface area contributed by atoms with Gasteiger partial charge in [-0.3, -0.25) is 9.59 Å². The number of benzene rings is 2. The van der Waals surface area contributed by atoms with Gasteiger partial charge in [-0.2, -0.15) is 0 Å². The number of alkyl carbamates (subject to hydrolysis) is 1. The van der Waals surface area contributed by atoms with Gasteiger partial charge in [0.05, 0.1) is 5.41 Å². The summed E-state index contributed by atoms with van der Waals surface area (Å²) in [7, 11) is 1.46. The van der Waals surface area contributed by atoms with Gasteiger partial charge in [0.25, 0.3) is 0 Å². The average Bonchev–Trinajstić information content (AvgIpc) is 3.15. The zero-order valence-electron chi connectivity index (χ0n) is 18.6. The van der Waals surface area contributed by atoms with Crippen LogP contribution in [-0.2, 0) is 19.1 Å². The third-order valence-corrected chi connectivity index (χ3v) is 6.54. The number of hydrogen-bond donors (Lipinski definition) is 2. The minimum Gasteiger partial charge on any atom is -0.480 e. The maximum Gasteiger partial charge on any atom is 0.407 e. The Morgan fingerprint density at radius 3 is 2.21 bits per heavy atom. The Hall–Kier alpha value is -3.39. The van der Waals surface area contributed by atoms with Gasteiger partial charge < -0.3 is 24.8 Å². The molecule has 0 aromatic heterocycles. The molecule has 1 saturated heterocycles. The maximum atomic E-state index is 13.0. The van der Waals surface area contributed by atoms with Crippen LogP contribution in [-0.4, -0.2) is 67.9 Å². The Morgan fingerprint density at radius 1 is 1.06 bits per heavy atom. The highest BCUT2D eigenvalue weighted by molar-refractivity contribution is 5.86. The van der Waals surface area contributed by atoms with Gasteiger partial charge in [-0.15, -0.1) is 0 Å². The highest BCUT2D eigenvalue weighted by Gasteiger charge is 2.42. The third kappa shape index (κ3) is 4.71. The minimum absolute atomic E-state index is 0.0523. The maximum absolute atomic E-state index is 13.0. The molecule has 1 heterocycles. The second-order valence-corrected chi connectivity index (χ2v) is 8.63. The second-order valence-electron chi connectivity index (χ2n) is 8.63. The van der Waals surface area contributed by atoms with Crippen LogP contribution in [0, 0.1) is 5.41 Å². The quantitative estimate of drug-likeness (QED) is 0.669.